The minimum absolute atomic E-state index is 0.172. The molecule has 1 aliphatic rings. The fourth-order valence-corrected chi connectivity index (χ4v) is 4.97. The second kappa shape index (κ2) is 11.0. The highest BCUT2D eigenvalue weighted by molar-refractivity contribution is 6.30. The highest BCUT2D eigenvalue weighted by Crippen LogP contribution is 2.30. The van der Waals surface area contributed by atoms with Gasteiger partial charge >= 0.3 is 0 Å². The molecule has 2 heterocycles. The van der Waals surface area contributed by atoms with E-state index in [-0.39, 0.29) is 11.8 Å². The molecule has 5 nitrogen and oxygen atoms in total. The number of aromatic nitrogens is 2. The Hall–Kier alpha value is -3.25. The lowest BCUT2D eigenvalue weighted by Crippen LogP contribution is -2.49. The number of carbonyl (C=O) groups excluding carboxylic acids is 1. The van der Waals surface area contributed by atoms with Crippen molar-refractivity contribution in [1.82, 2.24) is 19.4 Å². The third kappa shape index (κ3) is 5.70. The molecule has 0 saturated carbocycles. The number of imidazole rings is 1. The van der Waals surface area contributed by atoms with Crippen molar-refractivity contribution in [3.05, 3.63) is 113 Å². The molecule has 5 rings (SSSR count). The molecule has 1 unspecified atom stereocenters. The van der Waals surface area contributed by atoms with E-state index >= 15 is 0 Å². The standard InChI is InChI=1S/C29H29ClN4O/c30-26-13-11-24(12-14-26)28(23-7-3-1-4-8-23)33-19-17-32(18-20-33)21-27(35)22-34-16-15-31-29(34)25-9-5-2-6-10-25/h1-16,28H,17-22H2. The van der Waals surface area contributed by atoms with Crippen LogP contribution in [0.2, 0.25) is 5.02 Å². The Bertz CT molecular complexity index is 1230. The van der Waals surface area contributed by atoms with Gasteiger partial charge < -0.3 is 4.57 Å². The fourth-order valence-electron chi connectivity index (χ4n) is 4.85. The molecule has 0 spiro atoms. The summed E-state index contributed by atoms with van der Waals surface area (Å²) in [5, 5.41) is 0.747. The summed E-state index contributed by atoms with van der Waals surface area (Å²) >= 11 is 6.15. The van der Waals surface area contributed by atoms with Gasteiger partial charge in [-0.2, -0.15) is 0 Å². The first-order valence-corrected chi connectivity index (χ1v) is 12.4. The average Bonchev–Trinajstić information content (AvgIpc) is 3.35. The lowest BCUT2D eigenvalue weighted by atomic mass is 9.96. The Morgan fingerprint density at radius 1 is 0.800 bits per heavy atom. The van der Waals surface area contributed by atoms with E-state index in [0.29, 0.717) is 13.1 Å². The summed E-state index contributed by atoms with van der Waals surface area (Å²) in [6.45, 7) is 4.31. The number of nitrogens with zero attached hydrogens (tertiary/aromatic N) is 4. The number of piperazine rings is 1. The third-order valence-corrected chi connectivity index (χ3v) is 6.82. The molecule has 1 aromatic heterocycles. The summed E-state index contributed by atoms with van der Waals surface area (Å²) in [4.78, 5) is 22.2. The van der Waals surface area contributed by atoms with E-state index in [0.717, 1.165) is 42.6 Å². The molecule has 3 aromatic carbocycles. The number of carbonyl (C=O) groups is 1. The van der Waals surface area contributed by atoms with Crippen LogP contribution in [0.3, 0.4) is 0 Å². The monoisotopic (exact) mass is 484 g/mol. The van der Waals surface area contributed by atoms with Crippen LogP contribution in [0, 0.1) is 0 Å². The van der Waals surface area contributed by atoms with Crippen LogP contribution in [-0.4, -0.2) is 57.9 Å². The van der Waals surface area contributed by atoms with E-state index in [1.54, 1.807) is 6.20 Å². The molecule has 6 heteroatoms. The van der Waals surface area contributed by atoms with Crippen LogP contribution < -0.4 is 0 Å². The Labute approximate surface area is 211 Å². The zero-order valence-corrected chi connectivity index (χ0v) is 20.4. The van der Waals surface area contributed by atoms with E-state index in [1.807, 2.05) is 53.2 Å². The molecule has 0 aliphatic carbocycles. The summed E-state index contributed by atoms with van der Waals surface area (Å²) in [5.74, 6) is 1.03. The summed E-state index contributed by atoms with van der Waals surface area (Å²) in [6, 6.07) is 28.9. The van der Waals surface area contributed by atoms with Gasteiger partial charge in [0.05, 0.1) is 19.1 Å². The van der Waals surface area contributed by atoms with Gasteiger partial charge in [0.25, 0.3) is 0 Å². The summed E-state index contributed by atoms with van der Waals surface area (Å²) in [6.07, 6.45) is 3.64. The minimum Gasteiger partial charge on any atom is -0.324 e. The zero-order chi connectivity index (χ0) is 24.0. The Kier molecular flexibility index (Phi) is 7.38. The Balaban J connectivity index is 1.22. The molecule has 1 saturated heterocycles. The topological polar surface area (TPSA) is 41.4 Å². The molecule has 1 fully saturated rings. The predicted molar refractivity (Wildman–Crippen MR) is 140 cm³/mol. The van der Waals surface area contributed by atoms with Gasteiger partial charge in [0.2, 0.25) is 0 Å². The molecule has 0 amide bonds. The normalized spacial score (nSPS) is 15.7. The van der Waals surface area contributed by atoms with Gasteiger partial charge in [-0.3, -0.25) is 14.6 Å². The van der Waals surface area contributed by atoms with Crippen molar-refractivity contribution < 1.29 is 4.79 Å². The van der Waals surface area contributed by atoms with E-state index in [2.05, 4.69) is 57.2 Å². The molecule has 0 N–H and O–H groups in total. The van der Waals surface area contributed by atoms with Crippen LogP contribution in [0.15, 0.2) is 97.3 Å². The van der Waals surface area contributed by atoms with Gasteiger partial charge in [-0.25, -0.2) is 4.98 Å². The van der Waals surface area contributed by atoms with Crippen molar-refractivity contribution in [3.63, 3.8) is 0 Å². The van der Waals surface area contributed by atoms with Gasteiger partial charge in [0, 0.05) is 49.2 Å². The van der Waals surface area contributed by atoms with Crippen LogP contribution in [-0.2, 0) is 11.3 Å². The number of Topliss-reactive ketones (excluding diaryl/α,β-unsaturated/α-hetero) is 1. The summed E-state index contributed by atoms with van der Waals surface area (Å²) in [7, 11) is 0. The average molecular weight is 485 g/mol. The van der Waals surface area contributed by atoms with Crippen LogP contribution in [0.1, 0.15) is 17.2 Å². The van der Waals surface area contributed by atoms with Crippen LogP contribution in [0.5, 0.6) is 0 Å². The van der Waals surface area contributed by atoms with Crippen molar-refractivity contribution in [2.75, 3.05) is 32.7 Å². The maximum absolute atomic E-state index is 12.9. The molecule has 0 radical (unpaired) electrons. The van der Waals surface area contributed by atoms with Gasteiger partial charge in [-0.1, -0.05) is 84.4 Å². The second-order valence-electron chi connectivity index (χ2n) is 8.96. The first-order valence-electron chi connectivity index (χ1n) is 12.0. The van der Waals surface area contributed by atoms with Gasteiger partial charge in [0.15, 0.2) is 5.78 Å². The van der Waals surface area contributed by atoms with Gasteiger partial charge in [-0.05, 0) is 23.3 Å². The molecular weight excluding hydrogens is 456 g/mol. The summed E-state index contributed by atoms with van der Waals surface area (Å²) in [5.41, 5.74) is 3.53. The van der Waals surface area contributed by atoms with Crippen molar-refractivity contribution >= 4 is 17.4 Å². The zero-order valence-electron chi connectivity index (χ0n) is 19.6. The van der Waals surface area contributed by atoms with E-state index in [9.17, 15) is 4.79 Å². The number of halogens is 1. The SMILES string of the molecule is O=C(CN1CCN(C(c2ccccc2)c2ccc(Cl)cc2)CC1)Cn1ccnc1-c1ccccc1. The molecule has 178 valence electrons. The van der Waals surface area contributed by atoms with Crippen LogP contribution in [0.25, 0.3) is 11.4 Å². The number of hydrogen-bond acceptors (Lipinski definition) is 4. The minimum atomic E-state index is 0.172. The third-order valence-electron chi connectivity index (χ3n) is 6.57. The molecule has 1 aliphatic heterocycles. The maximum atomic E-state index is 12.9. The van der Waals surface area contributed by atoms with Crippen LogP contribution >= 0.6 is 11.6 Å². The van der Waals surface area contributed by atoms with Gasteiger partial charge in [0.1, 0.15) is 5.82 Å². The smallest absolute Gasteiger partial charge is 0.166 e. The highest BCUT2D eigenvalue weighted by atomic mass is 35.5. The van der Waals surface area contributed by atoms with E-state index < -0.39 is 0 Å². The number of benzene rings is 3. The Morgan fingerprint density at radius 2 is 1.43 bits per heavy atom. The second-order valence-corrected chi connectivity index (χ2v) is 9.40. The number of ketones is 1. The van der Waals surface area contributed by atoms with Gasteiger partial charge in [-0.15, -0.1) is 0 Å². The van der Waals surface area contributed by atoms with E-state index in [1.165, 1.54) is 11.1 Å². The van der Waals surface area contributed by atoms with Crippen molar-refractivity contribution in [3.8, 4) is 11.4 Å². The molecule has 4 aromatic rings. The maximum Gasteiger partial charge on any atom is 0.166 e. The van der Waals surface area contributed by atoms with Crippen molar-refractivity contribution in [2.45, 2.75) is 12.6 Å². The first-order chi connectivity index (χ1) is 17.2. The Morgan fingerprint density at radius 3 is 2.11 bits per heavy atom. The lowest BCUT2D eigenvalue weighted by molar-refractivity contribution is -0.121. The highest BCUT2D eigenvalue weighted by Gasteiger charge is 2.27. The van der Waals surface area contributed by atoms with Crippen molar-refractivity contribution in [2.24, 2.45) is 0 Å². The molecular formula is C29H29ClN4O. The number of rotatable bonds is 8. The van der Waals surface area contributed by atoms with E-state index in [4.69, 9.17) is 11.6 Å². The molecule has 0 bridgehead atoms. The van der Waals surface area contributed by atoms with Crippen LogP contribution in [0.4, 0.5) is 0 Å². The molecule has 1 atom stereocenters. The largest absolute Gasteiger partial charge is 0.324 e. The first kappa shape index (κ1) is 23.5. The lowest BCUT2D eigenvalue weighted by Gasteiger charge is -2.39. The predicted octanol–water partition coefficient (Wildman–Crippen LogP) is 5.18. The fraction of sp³-hybridized carbons (Fsp3) is 0.241. The summed E-state index contributed by atoms with van der Waals surface area (Å²) < 4.78 is 1.94. The molecule has 35 heavy (non-hydrogen) atoms. The number of hydrogen-bond donors (Lipinski definition) is 0. The quantitative estimate of drug-likeness (QED) is 0.345. The van der Waals surface area contributed by atoms with Crippen molar-refractivity contribution in [1.29, 1.82) is 0 Å².